The second kappa shape index (κ2) is 10.5. The lowest BCUT2D eigenvalue weighted by atomic mass is 10.3. The van der Waals surface area contributed by atoms with Gasteiger partial charge in [-0.25, -0.2) is 0 Å². The van der Waals surface area contributed by atoms with Gasteiger partial charge in [-0.2, -0.15) is 0 Å². The van der Waals surface area contributed by atoms with Crippen molar-refractivity contribution in [1.29, 1.82) is 0 Å². The van der Waals surface area contributed by atoms with Crippen molar-refractivity contribution in [3.05, 3.63) is 57.3 Å². The molecular weight excluding hydrogens is 483 g/mol. The zero-order chi connectivity index (χ0) is 22.5. The van der Waals surface area contributed by atoms with Gasteiger partial charge in [0, 0.05) is 7.05 Å². The number of carbonyl (C=O) groups excluding carboxylic acids is 1. The third-order valence-electron chi connectivity index (χ3n) is 4.22. The molecule has 0 saturated carbocycles. The van der Waals surface area contributed by atoms with E-state index in [-0.39, 0.29) is 17.8 Å². The number of aromatic nitrogens is 3. The molecular formula is C20H19Cl3N4O3S. The van der Waals surface area contributed by atoms with Gasteiger partial charge in [-0.1, -0.05) is 46.6 Å². The minimum absolute atomic E-state index is 0.107. The van der Waals surface area contributed by atoms with Crippen molar-refractivity contribution >= 4 is 58.2 Å². The highest BCUT2D eigenvalue weighted by Gasteiger charge is 2.18. The van der Waals surface area contributed by atoms with Crippen molar-refractivity contribution in [3.63, 3.8) is 0 Å². The lowest BCUT2D eigenvalue weighted by Gasteiger charge is -2.14. The molecule has 0 aliphatic heterocycles. The van der Waals surface area contributed by atoms with Crippen LogP contribution in [0.1, 0.15) is 18.9 Å². The third kappa shape index (κ3) is 5.98. The van der Waals surface area contributed by atoms with Crippen molar-refractivity contribution in [1.82, 2.24) is 14.8 Å². The Morgan fingerprint density at radius 2 is 1.74 bits per heavy atom. The second-order valence-corrected chi connectivity index (χ2v) is 8.58. The number of halogens is 3. The van der Waals surface area contributed by atoms with E-state index in [1.54, 1.807) is 11.7 Å². The molecule has 1 aromatic heterocycles. The lowest BCUT2D eigenvalue weighted by molar-refractivity contribution is -0.113. The normalized spacial score (nSPS) is 11.8. The number of carbonyl (C=O) groups is 1. The maximum atomic E-state index is 12.3. The van der Waals surface area contributed by atoms with Gasteiger partial charge in [0.15, 0.2) is 17.1 Å². The molecule has 0 radical (unpaired) electrons. The number of hydrogen-bond donors (Lipinski definition) is 1. The van der Waals surface area contributed by atoms with Crippen LogP contribution in [0, 0.1) is 0 Å². The van der Waals surface area contributed by atoms with Crippen LogP contribution in [0.3, 0.4) is 0 Å². The van der Waals surface area contributed by atoms with E-state index in [2.05, 4.69) is 15.5 Å². The largest absolute Gasteiger partial charge is 0.497 e. The van der Waals surface area contributed by atoms with Gasteiger partial charge in [-0.15, -0.1) is 10.2 Å². The fourth-order valence-electron chi connectivity index (χ4n) is 2.65. The molecule has 1 atom stereocenters. The van der Waals surface area contributed by atoms with Crippen molar-refractivity contribution in [2.45, 2.75) is 18.2 Å². The van der Waals surface area contributed by atoms with E-state index >= 15 is 0 Å². The molecule has 1 N–H and O–H groups in total. The Hall–Kier alpha value is -2.13. The van der Waals surface area contributed by atoms with E-state index in [4.69, 9.17) is 44.3 Å². The summed E-state index contributed by atoms with van der Waals surface area (Å²) in [5.41, 5.74) is 0.391. The van der Waals surface area contributed by atoms with E-state index in [1.165, 1.54) is 23.9 Å². The molecule has 3 aromatic rings. The number of hydrogen-bond acceptors (Lipinski definition) is 6. The Morgan fingerprint density at radius 3 is 2.42 bits per heavy atom. The predicted octanol–water partition coefficient (Wildman–Crippen LogP) is 5.65. The Morgan fingerprint density at radius 1 is 1.10 bits per heavy atom. The predicted molar refractivity (Wildman–Crippen MR) is 124 cm³/mol. The molecule has 1 amide bonds. The summed E-state index contributed by atoms with van der Waals surface area (Å²) in [5, 5.41) is 12.6. The average molecular weight is 502 g/mol. The van der Waals surface area contributed by atoms with Crippen LogP contribution in [0.15, 0.2) is 41.6 Å². The number of benzene rings is 2. The lowest BCUT2D eigenvalue weighted by Crippen LogP contribution is -2.15. The van der Waals surface area contributed by atoms with Gasteiger partial charge in [0.05, 0.1) is 33.6 Å². The molecule has 0 saturated heterocycles. The second-order valence-electron chi connectivity index (χ2n) is 6.42. The van der Waals surface area contributed by atoms with Gasteiger partial charge >= 0.3 is 0 Å². The van der Waals surface area contributed by atoms with Crippen LogP contribution in [0.25, 0.3) is 0 Å². The maximum Gasteiger partial charge on any atom is 0.234 e. The standard InChI is InChI=1S/C20H19Cl3N4O3S/c1-11(30-13-6-4-12(29-3)5-7-13)19-25-26-20(27(19)2)31-10-18(28)24-17-9-15(22)14(21)8-16(17)23/h4-9,11H,10H2,1-3H3,(H,24,28). The third-order valence-corrected chi connectivity index (χ3v) is 6.28. The number of nitrogens with zero attached hydrogens (tertiary/aromatic N) is 3. The first-order valence-corrected chi connectivity index (χ1v) is 11.2. The molecule has 7 nitrogen and oxygen atoms in total. The summed E-state index contributed by atoms with van der Waals surface area (Å²) in [5.74, 6) is 1.90. The summed E-state index contributed by atoms with van der Waals surface area (Å²) in [7, 11) is 3.43. The van der Waals surface area contributed by atoms with Crippen LogP contribution in [-0.4, -0.2) is 33.5 Å². The molecule has 3 rings (SSSR count). The van der Waals surface area contributed by atoms with Crippen LogP contribution in [0.2, 0.25) is 15.1 Å². The number of ether oxygens (including phenoxy) is 2. The van der Waals surface area contributed by atoms with Crippen LogP contribution in [0.4, 0.5) is 5.69 Å². The number of thioether (sulfide) groups is 1. The summed E-state index contributed by atoms with van der Waals surface area (Å²) < 4.78 is 12.9. The summed E-state index contributed by atoms with van der Waals surface area (Å²) in [6, 6.07) is 10.3. The Labute approximate surface area is 199 Å². The van der Waals surface area contributed by atoms with E-state index in [0.717, 1.165) is 5.75 Å². The highest BCUT2D eigenvalue weighted by Crippen LogP contribution is 2.32. The zero-order valence-corrected chi connectivity index (χ0v) is 19.9. The fourth-order valence-corrected chi connectivity index (χ4v) is 3.96. The molecule has 0 fully saturated rings. The Balaban J connectivity index is 1.59. The van der Waals surface area contributed by atoms with Gasteiger partial charge in [-0.3, -0.25) is 4.79 Å². The summed E-state index contributed by atoms with van der Waals surface area (Å²) >= 11 is 19.2. The minimum atomic E-state index is -0.343. The number of nitrogens with one attached hydrogen (secondary N) is 1. The molecule has 164 valence electrons. The molecule has 2 aromatic carbocycles. The molecule has 31 heavy (non-hydrogen) atoms. The highest BCUT2D eigenvalue weighted by molar-refractivity contribution is 7.99. The average Bonchev–Trinajstić information content (AvgIpc) is 3.11. The van der Waals surface area contributed by atoms with Crippen molar-refractivity contribution in [3.8, 4) is 11.5 Å². The summed E-state index contributed by atoms with van der Waals surface area (Å²) in [6.45, 7) is 1.88. The summed E-state index contributed by atoms with van der Waals surface area (Å²) in [4.78, 5) is 12.3. The summed E-state index contributed by atoms with van der Waals surface area (Å²) in [6.07, 6.45) is -0.343. The van der Waals surface area contributed by atoms with Gasteiger partial charge < -0.3 is 19.4 Å². The first kappa shape index (κ1) is 23.5. The number of anilines is 1. The number of amides is 1. The van der Waals surface area contributed by atoms with Gasteiger partial charge in [0.1, 0.15) is 11.5 Å². The van der Waals surface area contributed by atoms with Crippen LogP contribution < -0.4 is 14.8 Å². The van der Waals surface area contributed by atoms with Crippen LogP contribution in [0.5, 0.6) is 11.5 Å². The zero-order valence-electron chi connectivity index (χ0n) is 16.9. The molecule has 11 heteroatoms. The maximum absolute atomic E-state index is 12.3. The Kier molecular flexibility index (Phi) is 7.94. The highest BCUT2D eigenvalue weighted by atomic mass is 35.5. The number of methoxy groups -OCH3 is 1. The fraction of sp³-hybridized carbons (Fsp3) is 0.250. The van der Waals surface area contributed by atoms with Crippen LogP contribution in [-0.2, 0) is 11.8 Å². The quantitative estimate of drug-likeness (QED) is 0.317. The van der Waals surface area contributed by atoms with Gasteiger partial charge in [-0.05, 0) is 43.3 Å². The van der Waals surface area contributed by atoms with Crippen LogP contribution >= 0.6 is 46.6 Å². The van der Waals surface area contributed by atoms with Crippen molar-refractivity contribution < 1.29 is 14.3 Å². The number of rotatable bonds is 8. The van der Waals surface area contributed by atoms with E-state index in [9.17, 15) is 4.79 Å². The topological polar surface area (TPSA) is 78.3 Å². The SMILES string of the molecule is COc1ccc(OC(C)c2nnc(SCC(=O)Nc3cc(Cl)c(Cl)cc3Cl)n2C)cc1. The molecule has 0 aliphatic carbocycles. The molecule has 0 bridgehead atoms. The van der Waals surface area contributed by atoms with E-state index < -0.39 is 0 Å². The molecule has 1 unspecified atom stereocenters. The first-order chi connectivity index (χ1) is 14.8. The molecule has 1 heterocycles. The van der Waals surface area contributed by atoms with Crippen molar-refractivity contribution in [2.24, 2.45) is 7.05 Å². The monoisotopic (exact) mass is 500 g/mol. The van der Waals surface area contributed by atoms with Gasteiger partial charge in [0.25, 0.3) is 0 Å². The van der Waals surface area contributed by atoms with E-state index in [1.807, 2.05) is 38.2 Å². The van der Waals surface area contributed by atoms with E-state index in [0.29, 0.717) is 37.5 Å². The first-order valence-electron chi connectivity index (χ1n) is 9.05. The minimum Gasteiger partial charge on any atom is -0.497 e. The smallest absolute Gasteiger partial charge is 0.234 e. The van der Waals surface area contributed by atoms with Gasteiger partial charge in [0.2, 0.25) is 5.91 Å². The Bertz CT molecular complexity index is 1080. The molecule has 0 aliphatic rings. The molecule has 0 spiro atoms. The van der Waals surface area contributed by atoms with Crippen molar-refractivity contribution in [2.75, 3.05) is 18.2 Å².